The van der Waals surface area contributed by atoms with Crippen LogP contribution in [0.2, 0.25) is 0 Å². The zero-order valence-corrected chi connectivity index (χ0v) is 11.4. The van der Waals surface area contributed by atoms with E-state index in [1.54, 1.807) is 4.90 Å². The second-order valence-corrected chi connectivity index (χ2v) is 5.05. The zero-order valence-electron chi connectivity index (χ0n) is 11.4. The second-order valence-electron chi connectivity index (χ2n) is 5.05. The molecule has 0 bridgehead atoms. The molecule has 3 heteroatoms. The summed E-state index contributed by atoms with van der Waals surface area (Å²) < 4.78 is 0. The number of likely N-dealkylation sites (tertiary alicyclic amines) is 1. The fourth-order valence-corrected chi connectivity index (χ4v) is 2.47. The lowest BCUT2D eigenvalue weighted by Crippen LogP contribution is -2.34. The minimum atomic E-state index is -0.884. The van der Waals surface area contributed by atoms with Crippen LogP contribution >= 0.6 is 0 Å². The highest BCUT2D eigenvalue weighted by Crippen LogP contribution is 2.31. The predicted molar refractivity (Wildman–Crippen MR) is 75.6 cm³/mol. The predicted octanol–water partition coefficient (Wildman–Crippen LogP) is 2.46. The van der Waals surface area contributed by atoms with E-state index >= 15 is 0 Å². The summed E-state index contributed by atoms with van der Waals surface area (Å²) in [4.78, 5) is 13.8. The number of rotatable bonds is 4. The van der Waals surface area contributed by atoms with E-state index in [0.717, 1.165) is 12.0 Å². The Morgan fingerprint density at radius 3 is 2.79 bits per heavy atom. The van der Waals surface area contributed by atoms with E-state index in [-0.39, 0.29) is 5.91 Å². The van der Waals surface area contributed by atoms with Crippen molar-refractivity contribution in [2.45, 2.75) is 31.8 Å². The second kappa shape index (κ2) is 6.02. The molecule has 1 aromatic rings. The molecular weight excluding hydrogens is 238 g/mol. The number of hydrogen-bond donors (Lipinski definition) is 1. The maximum absolute atomic E-state index is 12.0. The third-order valence-corrected chi connectivity index (χ3v) is 3.61. The van der Waals surface area contributed by atoms with Crippen molar-refractivity contribution < 1.29 is 9.90 Å². The van der Waals surface area contributed by atoms with E-state index in [9.17, 15) is 9.90 Å². The third kappa shape index (κ3) is 3.24. The quantitative estimate of drug-likeness (QED) is 0.844. The monoisotopic (exact) mass is 259 g/mol. The molecule has 0 aromatic heterocycles. The number of aliphatic hydroxyl groups is 1. The van der Waals surface area contributed by atoms with Gasteiger partial charge in [0.15, 0.2) is 0 Å². The zero-order chi connectivity index (χ0) is 13.7. The Morgan fingerprint density at radius 1 is 1.37 bits per heavy atom. The van der Waals surface area contributed by atoms with E-state index in [1.165, 1.54) is 0 Å². The van der Waals surface area contributed by atoms with E-state index in [4.69, 9.17) is 0 Å². The fraction of sp³-hybridized carbons (Fsp3) is 0.438. The van der Waals surface area contributed by atoms with Gasteiger partial charge in [0, 0.05) is 13.0 Å². The van der Waals surface area contributed by atoms with E-state index in [0.29, 0.717) is 25.9 Å². The first-order chi connectivity index (χ1) is 9.15. The Labute approximate surface area is 114 Å². The van der Waals surface area contributed by atoms with Crippen molar-refractivity contribution >= 4 is 5.91 Å². The van der Waals surface area contributed by atoms with Crippen LogP contribution < -0.4 is 0 Å². The average molecular weight is 259 g/mol. The summed E-state index contributed by atoms with van der Waals surface area (Å²) in [7, 11) is 0. The Morgan fingerprint density at radius 2 is 2.11 bits per heavy atom. The van der Waals surface area contributed by atoms with Gasteiger partial charge in [0.05, 0.1) is 6.54 Å². The molecule has 1 aliphatic rings. The minimum Gasteiger partial charge on any atom is -0.383 e. The lowest BCUT2D eigenvalue weighted by Gasteiger charge is -2.23. The van der Waals surface area contributed by atoms with Gasteiger partial charge in [-0.2, -0.15) is 0 Å². The first kappa shape index (κ1) is 13.8. The van der Waals surface area contributed by atoms with Gasteiger partial charge in [-0.15, -0.1) is 0 Å². The summed E-state index contributed by atoms with van der Waals surface area (Å²) in [6.07, 6.45) is 5.89. The van der Waals surface area contributed by atoms with Crippen LogP contribution in [0.4, 0.5) is 0 Å². The van der Waals surface area contributed by atoms with Gasteiger partial charge >= 0.3 is 0 Å². The highest BCUT2D eigenvalue weighted by atomic mass is 16.3. The number of carbonyl (C=O) groups excluding carboxylic acids is 1. The number of hydrogen-bond acceptors (Lipinski definition) is 2. The molecule has 1 N–H and O–H groups in total. The SMILES string of the molecule is CC/C=C/CC(=O)N1CC[C@@](O)(c2ccccc2)C1. The smallest absolute Gasteiger partial charge is 0.226 e. The van der Waals surface area contributed by atoms with Crippen molar-refractivity contribution in [1.82, 2.24) is 4.90 Å². The summed E-state index contributed by atoms with van der Waals surface area (Å²) in [6, 6.07) is 9.61. The van der Waals surface area contributed by atoms with Gasteiger partial charge in [-0.1, -0.05) is 49.4 Å². The summed E-state index contributed by atoms with van der Waals surface area (Å²) in [5, 5.41) is 10.6. The van der Waals surface area contributed by atoms with E-state index < -0.39 is 5.60 Å². The molecule has 0 spiro atoms. The van der Waals surface area contributed by atoms with Gasteiger partial charge in [0.1, 0.15) is 5.60 Å². The Hall–Kier alpha value is -1.61. The van der Waals surface area contributed by atoms with Crippen molar-refractivity contribution in [1.29, 1.82) is 0 Å². The van der Waals surface area contributed by atoms with Crippen molar-refractivity contribution in [2.75, 3.05) is 13.1 Å². The third-order valence-electron chi connectivity index (χ3n) is 3.61. The Bertz CT molecular complexity index is 455. The molecule has 1 amide bonds. The summed E-state index contributed by atoms with van der Waals surface area (Å²) in [6.45, 7) is 3.07. The molecule has 1 fully saturated rings. The van der Waals surface area contributed by atoms with Crippen LogP contribution in [-0.4, -0.2) is 29.0 Å². The van der Waals surface area contributed by atoms with Crippen LogP contribution in [-0.2, 0) is 10.4 Å². The summed E-state index contributed by atoms with van der Waals surface area (Å²) >= 11 is 0. The Balaban J connectivity index is 1.99. The molecule has 1 aromatic carbocycles. The van der Waals surface area contributed by atoms with Gasteiger partial charge in [-0.05, 0) is 18.4 Å². The van der Waals surface area contributed by atoms with Crippen LogP contribution in [0.5, 0.6) is 0 Å². The summed E-state index contributed by atoms with van der Waals surface area (Å²) in [5.41, 5.74) is 0.0141. The van der Waals surface area contributed by atoms with Crippen LogP contribution in [0.1, 0.15) is 31.7 Å². The first-order valence-corrected chi connectivity index (χ1v) is 6.86. The standard InChI is InChI=1S/C16H21NO2/c1-2-3-5-10-15(18)17-12-11-16(19,13-17)14-8-6-4-7-9-14/h3-9,19H,2,10-13H2,1H3/b5-3+/t16-/m0/s1. The Kier molecular flexibility index (Phi) is 4.38. The number of amides is 1. The fourth-order valence-electron chi connectivity index (χ4n) is 2.47. The highest BCUT2D eigenvalue weighted by Gasteiger charge is 2.38. The van der Waals surface area contributed by atoms with Gasteiger partial charge in [-0.25, -0.2) is 0 Å². The number of nitrogens with zero attached hydrogens (tertiary/aromatic N) is 1. The average Bonchev–Trinajstić information content (AvgIpc) is 2.84. The van der Waals surface area contributed by atoms with Crippen LogP contribution in [0.25, 0.3) is 0 Å². The van der Waals surface area contributed by atoms with Gasteiger partial charge < -0.3 is 10.0 Å². The number of allylic oxidation sites excluding steroid dienone is 1. The molecule has 3 nitrogen and oxygen atoms in total. The van der Waals surface area contributed by atoms with Crippen LogP contribution in [0, 0.1) is 0 Å². The maximum Gasteiger partial charge on any atom is 0.226 e. The molecule has 0 saturated carbocycles. The lowest BCUT2D eigenvalue weighted by atomic mass is 9.93. The molecule has 1 heterocycles. The minimum absolute atomic E-state index is 0.0940. The van der Waals surface area contributed by atoms with E-state index in [2.05, 4.69) is 0 Å². The number of benzene rings is 1. The molecule has 1 atom stereocenters. The number of carbonyl (C=O) groups is 1. The molecule has 0 aliphatic carbocycles. The normalized spacial score (nSPS) is 23.2. The van der Waals surface area contributed by atoms with E-state index in [1.807, 2.05) is 49.4 Å². The molecule has 0 unspecified atom stereocenters. The van der Waals surface area contributed by atoms with Gasteiger partial charge in [0.25, 0.3) is 0 Å². The van der Waals surface area contributed by atoms with Gasteiger partial charge in [0.2, 0.25) is 5.91 Å². The first-order valence-electron chi connectivity index (χ1n) is 6.86. The maximum atomic E-state index is 12.0. The van der Waals surface area contributed by atoms with Crippen LogP contribution in [0.15, 0.2) is 42.5 Å². The van der Waals surface area contributed by atoms with Crippen LogP contribution in [0.3, 0.4) is 0 Å². The van der Waals surface area contributed by atoms with Gasteiger partial charge in [-0.3, -0.25) is 4.79 Å². The van der Waals surface area contributed by atoms with Crippen molar-refractivity contribution in [3.63, 3.8) is 0 Å². The lowest BCUT2D eigenvalue weighted by molar-refractivity contribution is -0.130. The molecule has 1 saturated heterocycles. The molecule has 102 valence electrons. The summed E-state index contributed by atoms with van der Waals surface area (Å²) in [5.74, 6) is 0.0940. The molecule has 0 radical (unpaired) electrons. The molecule has 19 heavy (non-hydrogen) atoms. The van der Waals surface area contributed by atoms with Crippen molar-refractivity contribution in [2.24, 2.45) is 0 Å². The number of β-amino-alcohol motifs (C(OH)–C–C–N with tert-alkyl or cyclic N) is 1. The molecular formula is C16H21NO2. The largest absolute Gasteiger partial charge is 0.383 e. The highest BCUT2D eigenvalue weighted by molar-refractivity contribution is 5.78. The topological polar surface area (TPSA) is 40.5 Å². The van der Waals surface area contributed by atoms with Crippen molar-refractivity contribution in [3.8, 4) is 0 Å². The molecule has 2 rings (SSSR count). The molecule has 1 aliphatic heterocycles. The van der Waals surface area contributed by atoms with Crippen molar-refractivity contribution in [3.05, 3.63) is 48.0 Å².